The van der Waals surface area contributed by atoms with E-state index < -0.39 is 0 Å². The molecule has 102 valence electrons. The molecule has 0 amide bonds. The van der Waals surface area contributed by atoms with Gasteiger partial charge in [0, 0.05) is 30.7 Å². The molecule has 1 N–H and O–H groups in total. The lowest BCUT2D eigenvalue weighted by Crippen LogP contribution is -2.48. The summed E-state index contributed by atoms with van der Waals surface area (Å²) in [5.74, 6) is 0. The van der Waals surface area contributed by atoms with Crippen molar-refractivity contribution in [3.05, 3.63) is 34.9 Å². The Bertz CT molecular complexity index is 373. The Morgan fingerprint density at radius 1 is 1.50 bits per heavy atom. The summed E-state index contributed by atoms with van der Waals surface area (Å²) < 4.78 is 0. The number of halogens is 3. The van der Waals surface area contributed by atoms with E-state index >= 15 is 0 Å². The first-order valence-corrected chi connectivity index (χ1v) is 6.89. The number of benzene rings is 1. The summed E-state index contributed by atoms with van der Waals surface area (Å²) in [7, 11) is 0. The Labute approximate surface area is 125 Å². The molecule has 1 heterocycles. The summed E-state index contributed by atoms with van der Waals surface area (Å²) in [6.45, 7) is 5.04. The average Bonchev–Trinajstić information content (AvgIpc) is 2.38. The Balaban J connectivity index is 0.00000162. The van der Waals surface area contributed by atoms with E-state index in [0.717, 1.165) is 31.1 Å². The normalized spacial score (nSPS) is 22.3. The summed E-state index contributed by atoms with van der Waals surface area (Å²) >= 11 is 12.4. The van der Waals surface area contributed by atoms with Crippen LogP contribution in [0.2, 0.25) is 5.02 Å². The lowest BCUT2D eigenvalue weighted by molar-refractivity contribution is 0.142. The van der Waals surface area contributed by atoms with Crippen LogP contribution in [0.5, 0.6) is 0 Å². The van der Waals surface area contributed by atoms with Gasteiger partial charge in [-0.15, -0.1) is 24.0 Å². The van der Waals surface area contributed by atoms with Crippen molar-refractivity contribution >= 4 is 35.6 Å². The monoisotopic (exact) mass is 308 g/mol. The van der Waals surface area contributed by atoms with E-state index in [2.05, 4.69) is 23.2 Å². The molecule has 0 radical (unpaired) electrons. The van der Waals surface area contributed by atoms with E-state index in [-0.39, 0.29) is 17.9 Å². The SMILES string of the molecule is CCC(Cl)N1CCNCC1c1cccc(Cl)c1.Cl. The van der Waals surface area contributed by atoms with Gasteiger partial charge in [-0.2, -0.15) is 0 Å². The molecule has 2 nitrogen and oxygen atoms in total. The van der Waals surface area contributed by atoms with Crippen LogP contribution in [-0.2, 0) is 0 Å². The largest absolute Gasteiger partial charge is 0.314 e. The number of piperazine rings is 1. The molecule has 0 aromatic heterocycles. The number of nitrogens with zero attached hydrogens (tertiary/aromatic N) is 1. The number of rotatable bonds is 3. The lowest BCUT2D eigenvalue weighted by Gasteiger charge is -2.39. The molecule has 18 heavy (non-hydrogen) atoms. The van der Waals surface area contributed by atoms with Gasteiger partial charge < -0.3 is 5.32 Å². The summed E-state index contributed by atoms with van der Waals surface area (Å²) in [4.78, 5) is 2.35. The van der Waals surface area contributed by atoms with Crippen LogP contribution < -0.4 is 5.32 Å². The van der Waals surface area contributed by atoms with Crippen molar-refractivity contribution in [2.75, 3.05) is 19.6 Å². The molecular formula is C13H19Cl3N2. The van der Waals surface area contributed by atoms with Crippen LogP contribution in [0, 0.1) is 0 Å². The minimum Gasteiger partial charge on any atom is -0.314 e. The molecule has 1 aromatic carbocycles. The van der Waals surface area contributed by atoms with E-state index in [9.17, 15) is 0 Å². The van der Waals surface area contributed by atoms with E-state index in [1.54, 1.807) is 0 Å². The molecule has 0 spiro atoms. The quantitative estimate of drug-likeness (QED) is 0.677. The lowest BCUT2D eigenvalue weighted by atomic mass is 10.0. The molecule has 1 fully saturated rings. The van der Waals surface area contributed by atoms with Gasteiger partial charge in [0.05, 0.1) is 5.50 Å². The molecule has 2 unspecified atom stereocenters. The highest BCUT2D eigenvalue weighted by atomic mass is 35.5. The minimum absolute atomic E-state index is 0. The molecule has 1 aliphatic heterocycles. The topological polar surface area (TPSA) is 15.3 Å². The maximum absolute atomic E-state index is 6.39. The summed E-state index contributed by atoms with van der Waals surface area (Å²) in [6, 6.07) is 8.38. The van der Waals surface area contributed by atoms with Crippen LogP contribution in [0.3, 0.4) is 0 Å². The van der Waals surface area contributed by atoms with Crippen molar-refractivity contribution < 1.29 is 0 Å². The smallest absolute Gasteiger partial charge is 0.0853 e. The van der Waals surface area contributed by atoms with Crippen molar-refractivity contribution in [1.82, 2.24) is 10.2 Å². The summed E-state index contributed by atoms with van der Waals surface area (Å²) in [5, 5.41) is 4.21. The van der Waals surface area contributed by atoms with Gasteiger partial charge >= 0.3 is 0 Å². The fraction of sp³-hybridized carbons (Fsp3) is 0.538. The second-order valence-electron chi connectivity index (χ2n) is 4.36. The number of nitrogens with one attached hydrogen (secondary N) is 1. The van der Waals surface area contributed by atoms with Crippen LogP contribution in [0.1, 0.15) is 24.9 Å². The fourth-order valence-corrected chi connectivity index (χ4v) is 2.75. The fourth-order valence-electron chi connectivity index (χ4n) is 2.31. The van der Waals surface area contributed by atoms with E-state index in [0.29, 0.717) is 6.04 Å². The first-order chi connectivity index (χ1) is 8.22. The third-order valence-electron chi connectivity index (χ3n) is 3.21. The van der Waals surface area contributed by atoms with E-state index in [1.165, 1.54) is 5.56 Å². The number of hydrogen-bond donors (Lipinski definition) is 1. The zero-order valence-electron chi connectivity index (χ0n) is 10.4. The molecule has 0 aliphatic carbocycles. The maximum atomic E-state index is 6.39. The standard InChI is InChI=1S/C13H18Cl2N2.ClH/c1-2-13(15)17-7-6-16-9-12(17)10-4-3-5-11(14)8-10;/h3-5,8,12-13,16H,2,6-7,9H2,1H3;1H. The van der Waals surface area contributed by atoms with Gasteiger partial charge in [0.2, 0.25) is 0 Å². The summed E-state index contributed by atoms with van der Waals surface area (Å²) in [6.07, 6.45) is 0.957. The van der Waals surface area contributed by atoms with Crippen molar-refractivity contribution in [3.63, 3.8) is 0 Å². The number of alkyl halides is 1. The zero-order valence-corrected chi connectivity index (χ0v) is 12.7. The predicted octanol–water partition coefficient (Wildman–Crippen LogP) is 3.68. The molecule has 0 saturated carbocycles. The molecule has 2 atom stereocenters. The average molecular weight is 310 g/mol. The Morgan fingerprint density at radius 3 is 2.94 bits per heavy atom. The van der Waals surface area contributed by atoms with Gasteiger partial charge in [-0.05, 0) is 24.1 Å². The van der Waals surface area contributed by atoms with Gasteiger partial charge in [0.15, 0.2) is 0 Å². The molecule has 0 bridgehead atoms. The molecule has 2 rings (SSSR count). The Kier molecular flexibility index (Phi) is 6.75. The van der Waals surface area contributed by atoms with Crippen molar-refractivity contribution in [2.45, 2.75) is 24.9 Å². The second-order valence-corrected chi connectivity index (χ2v) is 5.30. The van der Waals surface area contributed by atoms with Crippen LogP contribution >= 0.6 is 35.6 Å². The van der Waals surface area contributed by atoms with Gasteiger partial charge in [-0.1, -0.05) is 30.7 Å². The highest BCUT2D eigenvalue weighted by Crippen LogP contribution is 2.28. The first kappa shape index (κ1) is 16.1. The zero-order chi connectivity index (χ0) is 12.3. The third kappa shape index (κ3) is 3.75. The van der Waals surface area contributed by atoms with E-state index in [1.807, 2.05) is 18.2 Å². The molecule has 1 aromatic rings. The molecule has 1 saturated heterocycles. The number of hydrogen-bond acceptors (Lipinski definition) is 2. The first-order valence-electron chi connectivity index (χ1n) is 6.08. The predicted molar refractivity (Wildman–Crippen MR) is 80.9 cm³/mol. The van der Waals surface area contributed by atoms with Crippen molar-refractivity contribution in [3.8, 4) is 0 Å². The molecule has 1 aliphatic rings. The van der Waals surface area contributed by atoms with Gasteiger partial charge in [0.25, 0.3) is 0 Å². The maximum Gasteiger partial charge on any atom is 0.0853 e. The van der Waals surface area contributed by atoms with Crippen LogP contribution in [-0.4, -0.2) is 30.0 Å². The van der Waals surface area contributed by atoms with Crippen LogP contribution in [0.4, 0.5) is 0 Å². The van der Waals surface area contributed by atoms with E-state index in [4.69, 9.17) is 23.2 Å². The Hall–Kier alpha value is 0.01000. The highest BCUT2D eigenvalue weighted by Gasteiger charge is 2.27. The second kappa shape index (κ2) is 7.56. The van der Waals surface area contributed by atoms with Crippen molar-refractivity contribution in [1.29, 1.82) is 0 Å². The van der Waals surface area contributed by atoms with Gasteiger partial charge in [0.1, 0.15) is 0 Å². The third-order valence-corrected chi connectivity index (χ3v) is 4.01. The summed E-state index contributed by atoms with van der Waals surface area (Å²) in [5.41, 5.74) is 1.34. The molecule has 5 heteroatoms. The van der Waals surface area contributed by atoms with Gasteiger partial charge in [-0.25, -0.2) is 0 Å². The van der Waals surface area contributed by atoms with Crippen LogP contribution in [0.15, 0.2) is 24.3 Å². The van der Waals surface area contributed by atoms with Crippen molar-refractivity contribution in [2.24, 2.45) is 0 Å². The van der Waals surface area contributed by atoms with Gasteiger partial charge in [-0.3, -0.25) is 4.90 Å². The Morgan fingerprint density at radius 2 is 2.28 bits per heavy atom. The minimum atomic E-state index is 0. The van der Waals surface area contributed by atoms with Crippen LogP contribution in [0.25, 0.3) is 0 Å². The highest BCUT2D eigenvalue weighted by molar-refractivity contribution is 6.30. The molecular weight excluding hydrogens is 291 g/mol.